The molecular weight excluding hydrogens is 292 g/mol. The molecule has 1 aromatic heterocycles. The zero-order valence-corrected chi connectivity index (χ0v) is 11.5. The van der Waals surface area contributed by atoms with Gasteiger partial charge in [0.05, 0.1) is 4.47 Å². The molecule has 0 aliphatic rings. The van der Waals surface area contributed by atoms with Crippen LogP contribution in [0, 0.1) is 0 Å². The van der Waals surface area contributed by atoms with E-state index in [0.717, 1.165) is 35.2 Å². The number of nitrogens with one attached hydrogen (secondary N) is 1. The molecule has 1 heterocycles. The van der Waals surface area contributed by atoms with Crippen LogP contribution in [0.25, 0.3) is 0 Å². The lowest BCUT2D eigenvalue weighted by Gasteiger charge is -2.06. The summed E-state index contributed by atoms with van der Waals surface area (Å²) in [7, 11) is 0. The van der Waals surface area contributed by atoms with Gasteiger partial charge in [0.25, 0.3) is 0 Å². The van der Waals surface area contributed by atoms with Crippen molar-refractivity contribution in [2.24, 2.45) is 0 Å². The van der Waals surface area contributed by atoms with Crippen molar-refractivity contribution < 1.29 is 5.11 Å². The number of nitrogens with zero attached hydrogens (tertiary/aromatic N) is 1. The fraction of sp³-hybridized carbons (Fsp3) is 0.214. The summed E-state index contributed by atoms with van der Waals surface area (Å²) in [6.45, 7) is 1.67. The van der Waals surface area contributed by atoms with Gasteiger partial charge < -0.3 is 10.4 Å². The molecular formula is C14H15BrN2O. The SMILES string of the molecule is Oc1ccc(CNCCc2ccccn2)cc1Br. The molecule has 0 radical (unpaired) electrons. The maximum Gasteiger partial charge on any atom is 0.129 e. The Kier molecular flexibility index (Phi) is 4.73. The largest absolute Gasteiger partial charge is 0.507 e. The topological polar surface area (TPSA) is 45.1 Å². The van der Waals surface area contributed by atoms with Gasteiger partial charge in [-0.05, 0) is 45.8 Å². The number of pyridine rings is 1. The van der Waals surface area contributed by atoms with Crippen LogP contribution in [0.5, 0.6) is 5.75 Å². The van der Waals surface area contributed by atoms with Crippen molar-refractivity contribution in [3.05, 3.63) is 58.3 Å². The highest BCUT2D eigenvalue weighted by Gasteiger charge is 1.99. The van der Waals surface area contributed by atoms with Crippen molar-refractivity contribution >= 4 is 15.9 Å². The van der Waals surface area contributed by atoms with E-state index in [2.05, 4.69) is 26.2 Å². The van der Waals surface area contributed by atoms with Crippen LogP contribution in [0.15, 0.2) is 47.1 Å². The Balaban J connectivity index is 1.77. The molecule has 2 rings (SSSR count). The van der Waals surface area contributed by atoms with Crippen LogP contribution >= 0.6 is 15.9 Å². The van der Waals surface area contributed by atoms with Gasteiger partial charge in [-0.3, -0.25) is 4.98 Å². The highest BCUT2D eigenvalue weighted by Crippen LogP contribution is 2.24. The van der Waals surface area contributed by atoms with Gasteiger partial charge in [0, 0.05) is 31.4 Å². The number of aromatic hydroxyl groups is 1. The van der Waals surface area contributed by atoms with Gasteiger partial charge in [0.15, 0.2) is 0 Å². The van der Waals surface area contributed by atoms with Gasteiger partial charge >= 0.3 is 0 Å². The average molecular weight is 307 g/mol. The Labute approximate surface area is 115 Å². The fourth-order valence-electron chi connectivity index (χ4n) is 1.66. The van der Waals surface area contributed by atoms with Crippen LogP contribution < -0.4 is 5.32 Å². The Morgan fingerprint density at radius 2 is 2.11 bits per heavy atom. The molecule has 0 spiro atoms. The summed E-state index contributed by atoms with van der Waals surface area (Å²) >= 11 is 3.30. The fourth-order valence-corrected chi connectivity index (χ4v) is 2.08. The summed E-state index contributed by atoms with van der Waals surface area (Å²) < 4.78 is 0.728. The third-order valence-corrected chi connectivity index (χ3v) is 3.26. The maximum atomic E-state index is 9.39. The maximum absolute atomic E-state index is 9.39. The van der Waals surface area contributed by atoms with E-state index in [1.807, 2.05) is 36.5 Å². The summed E-state index contributed by atoms with van der Waals surface area (Å²) in [6, 6.07) is 11.5. The lowest BCUT2D eigenvalue weighted by molar-refractivity contribution is 0.471. The van der Waals surface area contributed by atoms with E-state index in [-0.39, 0.29) is 5.75 Å². The van der Waals surface area contributed by atoms with Gasteiger partial charge in [0.1, 0.15) is 5.75 Å². The summed E-state index contributed by atoms with van der Waals surface area (Å²) in [5, 5.41) is 12.7. The average Bonchev–Trinajstić information content (AvgIpc) is 2.40. The molecule has 0 aliphatic heterocycles. The van der Waals surface area contributed by atoms with Crippen LogP contribution in [0.3, 0.4) is 0 Å². The van der Waals surface area contributed by atoms with Crippen molar-refractivity contribution in [3.63, 3.8) is 0 Å². The molecule has 94 valence electrons. The monoisotopic (exact) mass is 306 g/mol. The number of halogens is 1. The Hall–Kier alpha value is -1.39. The quantitative estimate of drug-likeness (QED) is 0.835. The molecule has 1 aromatic carbocycles. The second-order valence-electron chi connectivity index (χ2n) is 4.03. The zero-order chi connectivity index (χ0) is 12.8. The first-order chi connectivity index (χ1) is 8.75. The minimum Gasteiger partial charge on any atom is -0.507 e. The van der Waals surface area contributed by atoms with E-state index in [0.29, 0.717) is 0 Å². The van der Waals surface area contributed by atoms with E-state index < -0.39 is 0 Å². The molecule has 0 saturated heterocycles. The molecule has 0 bridgehead atoms. The minimum absolute atomic E-state index is 0.271. The highest BCUT2D eigenvalue weighted by molar-refractivity contribution is 9.10. The molecule has 0 fully saturated rings. The summed E-state index contributed by atoms with van der Waals surface area (Å²) in [5.74, 6) is 0.271. The third kappa shape index (κ3) is 3.82. The predicted molar refractivity (Wildman–Crippen MR) is 75.5 cm³/mol. The second kappa shape index (κ2) is 6.52. The second-order valence-corrected chi connectivity index (χ2v) is 4.89. The van der Waals surface area contributed by atoms with Gasteiger partial charge in [-0.25, -0.2) is 0 Å². The van der Waals surface area contributed by atoms with Crippen LogP contribution in [-0.2, 0) is 13.0 Å². The highest BCUT2D eigenvalue weighted by atomic mass is 79.9. The number of hydrogen-bond acceptors (Lipinski definition) is 3. The Morgan fingerprint density at radius 3 is 2.83 bits per heavy atom. The molecule has 18 heavy (non-hydrogen) atoms. The van der Waals surface area contributed by atoms with Crippen molar-refractivity contribution in [1.82, 2.24) is 10.3 Å². The molecule has 0 saturated carbocycles. The first kappa shape index (κ1) is 13.1. The zero-order valence-electron chi connectivity index (χ0n) is 9.94. The predicted octanol–water partition coefficient (Wildman–Crippen LogP) is 2.88. The minimum atomic E-state index is 0.271. The van der Waals surface area contributed by atoms with Gasteiger partial charge in [0.2, 0.25) is 0 Å². The van der Waals surface area contributed by atoms with Gasteiger partial charge in [-0.15, -0.1) is 0 Å². The van der Waals surface area contributed by atoms with Crippen molar-refractivity contribution in [1.29, 1.82) is 0 Å². The van der Waals surface area contributed by atoms with Crippen LogP contribution in [0.4, 0.5) is 0 Å². The molecule has 4 heteroatoms. The van der Waals surface area contributed by atoms with Crippen LogP contribution in [0.1, 0.15) is 11.3 Å². The van der Waals surface area contributed by atoms with Crippen LogP contribution in [0.2, 0.25) is 0 Å². The molecule has 0 unspecified atom stereocenters. The molecule has 0 aliphatic carbocycles. The lowest BCUT2D eigenvalue weighted by Crippen LogP contribution is -2.17. The van der Waals surface area contributed by atoms with Crippen LogP contribution in [-0.4, -0.2) is 16.6 Å². The van der Waals surface area contributed by atoms with Gasteiger partial charge in [-0.2, -0.15) is 0 Å². The van der Waals surface area contributed by atoms with Crippen molar-refractivity contribution in [2.45, 2.75) is 13.0 Å². The standard InChI is InChI=1S/C14H15BrN2O/c15-13-9-11(4-5-14(13)18)10-16-8-6-12-3-1-2-7-17-12/h1-5,7,9,16,18H,6,8,10H2. The summed E-state index contributed by atoms with van der Waals surface area (Å²) in [4.78, 5) is 4.27. The van der Waals surface area contributed by atoms with E-state index in [4.69, 9.17) is 0 Å². The number of hydrogen-bond donors (Lipinski definition) is 2. The lowest BCUT2D eigenvalue weighted by atomic mass is 10.2. The number of rotatable bonds is 5. The smallest absolute Gasteiger partial charge is 0.129 e. The molecule has 2 aromatic rings. The Bertz CT molecular complexity index is 502. The first-order valence-corrected chi connectivity index (χ1v) is 6.63. The molecule has 0 atom stereocenters. The van der Waals surface area contributed by atoms with E-state index >= 15 is 0 Å². The normalized spacial score (nSPS) is 10.5. The molecule has 0 amide bonds. The van der Waals surface area contributed by atoms with E-state index in [1.54, 1.807) is 6.07 Å². The van der Waals surface area contributed by atoms with Crippen molar-refractivity contribution in [2.75, 3.05) is 6.54 Å². The number of benzene rings is 1. The van der Waals surface area contributed by atoms with E-state index in [9.17, 15) is 5.11 Å². The first-order valence-electron chi connectivity index (χ1n) is 5.84. The Morgan fingerprint density at radius 1 is 1.22 bits per heavy atom. The number of phenolic OH excluding ortho intramolecular Hbond substituents is 1. The summed E-state index contributed by atoms with van der Waals surface area (Å²) in [6.07, 6.45) is 2.73. The van der Waals surface area contributed by atoms with E-state index in [1.165, 1.54) is 0 Å². The van der Waals surface area contributed by atoms with Crippen molar-refractivity contribution in [3.8, 4) is 5.75 Å². The number of phenols is 1. The molecule has 3 nitrogen and oxygen atoms in total. The third-order valence-electron chi connectivity index (χ3n) is 2.63. The number of aromatic nitrogens is 1. The molecule has 2 N–H and O–H groups in total. The summed E-state index contributed by atoms with van der Waals surface area (Å²) in [5.41, 5.74) is 2.23. The van der Waals surface area contributed by atoms with Gasteiger partial charge in [-0.1, -0.05) is 12.1 Å².